The van der Waals surface area contributed by atoms with Crippen LogP contribution in [0.3, 0.4) is 0 Å². The number of aliphatic hydroxyl groups excluding tert-OH is 1. The van der Waals surface area contributed by atoms with Crippen LogP contribution in [0.5, 0.6) is 11.5 Å². The molecule has 0 radical (unpaired) electrons. The second-order valence-electron chi connectivity index (χ2n) is 4.81. The van der Waals surface area contributed by atoms with Gasteiger partial charge in [0, 0.05) is 6.07 Å². The van der Waals surface area contributed by atoms with Crippen molar-refractivity contribution < 1.29 is 14.6 Å². The Morgan fingerprint density at radius 2 is 1.65 bits per heavy atom. The number of rotatable bonds is 6. The van der Waals surface area contributed by atoms with Crippen LogP contribution >= 0.6 is 0 Å². The zero-order valence-electron chi connectivity index (χ0n) is 11.8. The molecular formula is C17H20O3. The van der Waals surface area contributed by atoms with Crippen LogP contribution in [0.25, 0.3) is 0 Å². The van der Waals surface area contributed by atoms with Crippen molar-refractivity contribution >= 4 is 0 Å². The largest absolute Gasteiger partial charge is 0.489 e. The maximum absolute atomic E-state index is 9.45. The Morgan fingerprint density at radius 3 is 2.35 bits per heavy atom. The number of hydrogen-bond acceptors (Lipinski definition) is 3. The molecule has 0 bridgehead atoms. The normalized spacial score (nSPS) is 13.6. The predicted octanol–water partition coefficient (Wildman–Crippen LogP) is 3.41. The molecule has 0 spiro atoms. The van der Waals surface area contributed by atoms with Gasteiger partial charge in [0.05, 0.1) is 6.10 Å². The molecule has 3 nitrogen and oxygen atoms in total. The minimum absolute atomic E-state index is 0.251. The second kappa shape index (κ2) is 6.96. The maximum atomic E-state index is 9.45. The molecule has 20 heavy (non-hydrogen) atoms. The lowest BCUT2D eigenvalue weighted by atomic mass is 10.2. The quantitative estimate of drug-likeness (QED) is 0.875. The van der Waals surface area contributed by atoms with E-state index >= 15 is 0 Å². The van der Waals surface area contributed by atoms with Crippen LogP contribution in [0.4, 0.5) is 0 Å². The summed E-state index contributed by atoms with van der Waals surface area (Å²) in [6.07, 6.45) is -0.761. The molecule has 3 heteroatoms. The Balaban J connectivity index is 1.96. The van der Waals surface area contributed by atoms with Gasteiger partial charge in [-0.2, -0.15) is 0 Å². The van der Waals surface area contributed by atoms with Gasteiger partial charge < -0.3 is 14.6 Å². The predicted molar refractivity (Wildman–Crippen MR) is 79.0 cm³/mol. The minimum atomic E-state index is -0.510. The van der Waals surface area contributed by atoms with Gasteiger partial charge in [-0.05, 0) is 31.5 Å². The first-order valence-electron chi connectivity index (χ1n) is 6.76. The maximum Gasteiger partial charge on any atom is 0.123 e. The summed E-state index contributed by atoms with van der Waals surface area (Å²) in [5.41, 5.74) is 1.12. The van der Waals surface area contributed by atoms with Crippen LogP contribution in [-0.4, -0.2) is 17.3 Å². The lowest BCUT2D eigenvalue weighted by Gasteiger charge is -2.17. The van der Waals surface area contributed by atoms with Gasteiger partial charge in [0.25, 0.3) is 0 Å². The Kier molecular flexibility index (Phi) is 5.02. The van der Waals surface area contributed by atoms with Gasteiger partial charge in [-0.1, -0.05) is 36.4 Å². The van der Waals surface area contributed by atoms with Crippen molar-refractivity contribution in [2.75, 3.05) is 0 Å². The van der Waals surface area contributed by atoms with Crippen molar-refractivity contribution in [3.05, 3.63) is 60.2 Å². The summed E-state index contributed by atoms with van der Waals surface area (Å²) in [5, 5.41) is 9.45. The Bertz CT molecular complexity index is 523. The summed E-state index contributed by atoms with van der Waals surface area (Å²) in [5.74, 6) is 1.45. The van der Waals surface area contributed by atoms with Gasteiger partial charge in [0.1, 0.15) is 24.2 Å². The van der Waals surface area contributed by atoms with Crippen LogP contribution in [0, 0.1) is 0 Å². The van der Waals surface area contributed by atoms with Crippen LogP contribution in [0.15, 0.2) is 54.6 Å². The van der Waals surface area contributed by atoms with Gasteiger partial charge >= 0.3 is 0 Å². The molecule has 2 atom stereocenters. The molecule has 0 saturated heterocycles. The monoisotopic (exact) mass is 272 g/mol. The van der Waals surface area contributed by atoms with E-state index < -0.39 is 6.10 Å². The van der Waals surface area contributed by atoms with Gasteiger partial charge in [-0.15, -0.1) is 0 Å². The first kappa shape index (κ1) is 14.4. The highest BCUT2D eigenvalue weighted by Gasteiger charge is 2.10. The lowest BCUT2D eigenvalue weighted by Crippen LogP contribution is -2.25. The van der Waals surface area contributed by atoms with Crippen LogP contribution in [0.1, 0.15) is 19.4 Å². The third-order valence-corrected chi connectivity index (χ3v) is 3.06. The average molecular weight is 272 g/mol. The summed E-state index contributed by atoms with van der Waals surface area (Å²) in [7, 11) is 0. The molecule has 0 amide bonds. The fraction of sp³-hybridized carbons (Fsp3) is 0.294. The molecule has 0 aromatic heterocycles. The summed E-state index contributed by atoms with van der Waals surface area (Å²) in [6, 6.07) is 17.5. The third-order valence-electron chi connectivity index (χ3n) is 3.06. The Morgan fingerprint density at radius 1 is 0.950 bits per heavy atom. The molecule has 0 fully saturated rings. The summed E-state index contributed by atoms with van der Waals surface area (Å²) in [6.45, 7) is 4.07. The first-order valence-corrected chi connectivity index (χ1v) is 6.76. The van der Waals surface area contributed by atoms with E-state index in [1.165, 1.54) is 0 Å². The van der Waals surface area contributed by atoms with E-state index in [2.05, 4.69) is 0 Å². The second-order valence-corrected chi connectivity index (χ2v) is 4.81. The zero-order valence-corrected chi connectivity index (χ0v) is 11.8. The van der Waals surface area contributed by atoms with Crippen molar-refractivity contribution in [1.82, 2.24) is 0 Å². The molecule has 1 N–H and O–H groups in total. The molecule has 0 aliphatic heterocycles. The van der Waals surface area contributed by atoms with Crippen LogP contribution in [-0.2, 0) is 6.61 Å². The molecule has 0 aliphatic carbocycles. The fourth-order valence-corrected chi connectivity index (χ4v) is 1.69. The third kappa shape index (κ3) is 4.28. The molecule has 2 aromatic carbocycles. The Hall–Kier alpha value is -2.00. The number of aliphatic hydroxyl groups is 1. The Labute approximate surface area is 119 Å². The molecule has 0 aliphatic rings. The highest BCUT2D eigenvalue weighted by molar-refractivity contribution is 5.33. The fourth-order valence-electron chi connectivity index (χ4n) is 1.69. The van der Waals surface area contributed by atoms with Gasteiger partial charge in [0.15, 0.2) is 0 Å². The SMILES string of the molecule is C[C@H](O)[C@H](C)Oc1cccc(OCc2ccccc2)c1. The number of hydrogen-bond donors (Lipinski definition) is 1. The standard InChI is InChI=1S/C17H20O3/c1-13(18)14(2)20-17-10-6-9-16(11-17)19-12-15-7-4-3-5-8-15/h3-11,13-14,18H,12H2,1-2H3/t13-,14-/m0/s1. The van der Waals surface area contributed by atoms with E-state index in [-0.39, 0.29) is 6.10 Å². The molecule has 2 rings (SSSR count). The smallest absolute Gasteiger partial charge is 0.123 e. The van der Waals surface area contributed by atoms with E-state index in [0.717, 1.165) is 11.3 Å². The molecule has 2 aromatic rings. The van der Waals surface area contributed by atoms with Gasteiger partial charge in [-0.25, -0.2) is 0 Å². The van der Waals surface area contributed by atoms with Crippen molar-refractivity contribution in [3.8, 4) is 11.5 Å². The minimum Gasteiger partial charge on any atom is -0.489 e. The molecule has 0 saturated carbocycles. The van der Waals surface area contributed by atoms with Crippen LogP contribution in [0.2, 0.25) is 0 Å². The molecular weight excluding hydrogens is 252 g/mol. The van der Waals surface area contributed by atoms with E-state index in [4.69, 9.17) is 9.47 Å². The highest BCUT2D eigenvalue weighted by atomic mass is 16.5. The molecule has 106 valence electrons. The van der Waals surface area contributed by atoms with Gasteiger partial charge in [0.2, 0.25) is 0 Å². The van der Waals surface area contributed by atoms with Crippen molar-refractivity contribution in [3.63, 3.8) is 0 Å². The number of benzene rings is 2. The topological polar surface area (TPSA) is 38.7 Å². The van der Waals surface area contributed by atoms with E-state index in [1.807, 2.05) is 61.5 Å². The van der Waals surface area contributed by atoms with Crippen molar-refractivity contribution in [1.29, 1.82) is 0 Å². The van der Waals surface area contributed by atoms with E-state index in [0.29, 0.717) is 12.4 Å². The summed E-state index contributed by atoms with van der Waals surface area (Å²) in [4.78, 5) is 0. The van der Waals surface area contributed by atoms with E-state index in [9.17, 15) is 5.11 Å². The zero-order chi connectivity index (χ0) is 14.4. The van der Waals surface area contributed by atoms with Gasteiger partial charge in [-0.3, -0.25) is 0 Å². The average Bonchev–Trinajstić information content (AvgIpc) is 2.46. The van der Waals surface area contributed by atoms with Crippen molar-refractivity contribution in [2.45, 2.75) is 32.7 Å². The molecule has 0 unspecified atom stereocenters. The lowest BCUT2D eigenvalue weighted by molar-refractivity contribution is 0.0602. The highest BCUT2D eigenvalue weighted by Crippen LogP contribution is 2.21. The first-order chi connectivity index (χ1) is 9.65. The van der Waals surface area contributed by atoms with E-state index in [1.54, 1.807) is 6.92 Å². The van der Waals surface area contributed by atoms with Crippen LogP contribution < -0.4 is 9.47 Å². The summed E-state index contributed by atoms with van der Waals surface area (Å²) >= 11 is 0. The number of ether oxygens (including phenoxy) is 2. The molecule has 0 heterocycles. The van der Waals surface area contributed by atoms with Crippen molar-refractivity contribution in [2.24, 2.45) is 0 Å². The summed E-state index contributed by atoms with van der Waals surface area (Å²) < 4.78 is 11.4.